The minimum atomic E-state index is -1.36. The zero-order valence-electron chi connectivity index (χ0n) is 12.1. The van der Waals surface area contributed by atoms with Crippen LogP contribution in [0, 0.1) is 17.1 Å². The zero-order valence-corrected chi connectivity index (χ0v) is 12.1. The van der Waals surface area contributed by atoms with Crippen LogP contribution in [0.5, 0.6) is 0 Å². The normalized spacial score (nSPS) is 15.2. The Labute approximate surface area is 130 Å². The van der Waals surface area contributed by atoms with Crippen LogP contribution in [0.2, 0.25) is 0 Å². The molecule has 7 heteroatoms. The van der Waals surface area contributed by atoms with E-state index in [2.05, 4.69) is 0 Å². The number of aromatic nitrogens is 2. The molecule has 0 bridgehead atoms. The number of rotatable bonds is 4. The smallest absolute Gasteiger partial charge is 0.331 e. The van der Waals surface area contributed by atoms with Gasteiger partial charge in [0.2, 0.25) is 0 Å². The summed E-state index contributed by atoms with van der Waals surface area (Å²) in [6.07, 6.45) is 1.51. The number of aliphatic hydroxyl groups is 1. The second kappa shape index (κ2) is 5.82. The highest BCUT2D eigenvalue weighted by molar-refractivity contribution is 5.24. The summed E-state index contributed by atoms with van der Waals surface area (Å²) < 4.78 is 15.9. The van der Waals surface area contributed by atoms with Crippen molar-refractivity contribution in [1.29, 1.82) is 5.26 Å². The first kappa shape index (κ1) is 15.2. The standard InChI is InChI=1S/C16H14FN3O3/c17-13-4-2-1-3-12(13)14(21)9-20-15(22)10(7-18)8-19(16(20)23)11-5-6-11/h1-4,8,11,14,21H,5-6,9H2. The molecule has 1 aromatic heterocycles. The first-order chi connectivity index (χ1) is 11.0. The van der Waals surface area contributed by atoms with E-state index in [1.165, 1.54) is 29.0 Å². The van der Waals surface area contributed by atoms with Crippen molar-refractivity contribution < 1.29 is 9.50 Å². The molecular weight excluding hydrogens is 301 g/mol. The summed E-state index contributed by atoms with van der Waals surface area (Å²) in [7, 11) is 0. The maximum absolute atomic E-state index is 13.7. The zero-order chi connectivity index (χ0) is 16.6. The number of benzene rings is 1. The third-order valence-electron chi connectivity index (χ3n) is 3.88. The van der Waals surface area contributed by atoms with Gasteiger partial charge >= 0.3 is 5.69 Å². The summed E-state index contributed by atoms with van der Waals surface area (Å²) >= 11 is 0. The van der Waals surface area contributed by atoms with E-state index in [0.717, 1.165) is 17.4 Å². The van der Waals surface area contributed by atoms with Crippen LogP contribution in [-0.2, 0) is 6.54 Å². The van der Waals surface area contributed by atoms with Gasteiger partial charge in [-0.25, -0.2) is 9.18 Å². The van der Waals surface area contributed by atoms with Crippen molar-refractivity contribution in [2.24, 2.45) is 0 Å². The highest BCUT2D eigenvalue weighted by Crippen LogP contribution is 2.33. The Morgan fingerprint density at radius 1 is 1.35 bits per heavy atom. The van der Waals surface area contributed by atoms with Crippen molar-refractivity contribution >= 4 is 0 Å². The number of nitrogens with zero attached hydrogens (tertiary/aromatic N) is 3. The molecule has 1 unspecified atom stereocenters. The summed E-state index contributed by atoms with van der Waals surface area (Å²) in [5, 5.41) is 19.2. The summed E-state index contributed by atoms with van der Waals surface area (Å²) in [4.78, 5) is 24.6. The molecule has 1 fully saturated rings. The Balaban J connectivity index is 2.04. The maximum atomic E-state index is 13.7. The molecule has 1 aromatic carbocycles. The van der Waals surface area contributed by atoms with E-state index in [1.807, 2.05) is 0 Å². The van der Waals surface area contributed by atoms with E-state index in [0.29, 0.717) is 0 Å². The average Bonchev–Trinajstić information content (AvgIpc) is 3.36. The Hall–Kier alpha value is -2.72. The first-order valence-electron chi connectivity index (χ1n) is 7.21. The molecular formula is C16H14FN3O3. The van der Waals surface area contributed by atoms with Gasteiger partial charge in [-0.15, -0.1) is 0 Å². The van der Waals surface area contributed by atoms with Gasteiger partial charge in [-0.05, 0) is 18.9 Å². The van der Waals surface area contributed by atoms with E-state index < -0.39 is 29.7 Å². The number of halogens is 1. The van der Waals surface area contributed by atoms with E-state index in [-0.39, 0.29) is 17.2 Å². The van der Waals surface area contributed by atoms with Gasteiger partial charge in [0.15, 0.2) is 0 Å². The average molecular weight is 315 g/mol. The lowest BCUT2D eigenvalue weighted by molar-refractivity contribution is 0.148. The number of aliphatic hydroxyl groups excluding tert-OH is 1. The molecule has 0 spiro atoms. The van der Waals surface area contributed by atoms with Crippen molar-refractivity contribution in [1.82, 2.24) is 9.13 Å². The van der Waals surface area contributed by atoms with Gasteiger partial charge in [0.25, 0.3) is 5.56 Å². The van der Waals surface area contributed by atoms with Crippen LogP contribution in [-0.4, -0.2) is 14.2 Å². The maximum Gasteiger partial charge on any atom is 0.331 e. The Morgan fingerprint density at radius 2 is 2.04 bits per heavy atom. The van der Waals surface area contributed by atoms with Crippen LogP contribution in [0.15, 0.2) is 40.1 Å². The van der Waals surface area contributed by atoms with Crippen molar-refractivity contribution in [2.75, 3.05) is 0 Å². The van der Waals surface area contributed by atoms with Crippen molar-refractivity contribution in [3.8, 4) is 6.07 Å². The molecule has 1 saturated carbocycles. The van der Waals surface area contributed by atoms with Gasteiger partial charge in [-0.1, -0.05) is 18.2 Å². The van der Waals surface area contributed by atoms with Gasteiger partial charge in [-0.2, -0.15) is 5.26 Å². The van der Waals surface area contributed by atoms with Crippen LogP contribution in [0.1, 0.15) is 36.1 Å². The Bertz CT molecular complexity index is 906. The van der Waals surface area contributed by atoms with Gasteiger partial charge in [0.05, 0.1) is 12.6 Å². The molecule has 0 radical (unpaired) electrons. The third-order valence-corrected chi connectivity index (χ3v) is 3.88. The minimum absolute atomic E-state index is 0.000803. The SMILES string of the molecule is N#Cc1cn(C2CC2)c(=O)n(CC(O)c2ccccc2F)c1=O. The van der Waals surface area contributed by atoms with E-state index in [9.17, 15) is 19.1 Å². The summed E-state index contributed by atoms with van der Waals surface area (Å²) in [5.41, 5.74) is -1.53. The quantitative estimate of drug-likeness (QED) is 0.915. The largest absolute Gasteiger partial charge is 0.386 e. The van der Waals surface area contributed by atoms with Crippen LogP contribution in [0.3, 0.4) is 0 Å². The van der Waals surface area contributed by atoms with E-state index >= 15 is 0 Å². The van der Waals surface area contributed by atoms with Crippen molar-refractivity contribution in [3.05, 3.63) is 68.2 Å². The molecule has 23 heavy (non-hydrogen) atoms. The fraction of sp³-hybridized carbons (Fsp3) is 0.312. The predicted molar refractivity (Wildman–Crippen MR) is 79.3 cm³/mol. The summed E-state index contributed by atoms with van der Waals surface area (Å²) in [5.74, 6) is -0.619. The number of hydrogen-bond acceptors (Lipinski definition) is 4. The van der Waals surface area contributed by atoms with Crippen LogP contribution >= 0.6 is 0 Å². The van der Waals surface area contributed by atoms with Crippen LogP contribution < -0.4 is 11.2 Å². The minimum Gasteiger partial charge on any atom is -0.386 e. The van der Waals surface area contributed by atoms with Crippen LogP contribution in [0.25, 0.3) is 0 Å². The molecule has 0 saturated heterocycles. The first-order valence-corrected chi connectivity index (χ1v) is 7.21. The Kier molecular flexibility index (Phi) is 3.84. The van der Waals surface area contributed by atoms with Crippen molar-refractivity contribution in [3.63, 3.8) is 0 Å². The second-order valence-corrected chi connectivity index (χ2v) is 5.53. The van der Waals surface area contributed by atoms with Gasteiger partial charge in [-0.3, -0.25) is 13.9 Å². The molecule has 3 rings (SSSR count). The van der Waals surface area contributed by atoms with Gasteiger partial charge < -0.3 is 5.11 Å². The molecule has 0 aliphatic heterocycles. The third kappa shape index (κ3) is 2.81. The molecule has 1 heterocycles. The number of hydrogen-bond donors (Lipinski definition) is 1. The monoisotopic (exact) mass is 315 g/mol. The van der Waals surface area contributed by atoms with Crippen molar-refractivity contribution in [2.45, 2.75) is 31.5 Å². The molecule has 1 atom stereocenters. The predicted octanol–water partition coefficient (Wildman–Crippen LogP) is 1.09. The van der Waals surface area contributed by atoms with E-state index in [4.69, 9.17) is 5.26 Å². The molecule has 1 aliphatic rings. The molecule has 1 N–H and O–H groups in total. The molecule has 118 valence electrons. The Morgan fingerprint density at radius 3 is 2.65 bits per heavy atom. The lowest BCUT2D eigenvalue weighted by atomic mass is 10.1. The molecule has 6 nitrogen and oxygen atoms in total. The number of nitriles is 1. The lowest BCUT2D eigenvalue weighted by Crippen LogP contribution is -2.41. The van der Waals surface area contributed by atoms with E-state index in [1.54, 1.807) is 12.1 Å². The fourth-order valence-corrected chi connectivity index (χ4v) is 2.49. The topological polar surface area (TPSA) is 88.0 Å². The summed E-state index contributed by atoms with van der Waals surface area (Å²) in [6, 6.07) is 7.35. The lowest BCUT2D eigenvalue weighted by Gasteiger charge is -2.15. The molecule has 1 aliphatic carbocycles. The molecule has 0 amide bonds. The van der Waals surface area contributed by atoms with Gasteiger partial charge in [0, 0.05) is 17.8 Å². The second-order valence-electron chi connectivity index (χ2n) is 5.53. The fourth-order valence-electron chi connectivity index (χ4n) is 2.49. The highest BCUT2D eigenvalue weighted by atomic mass is 19.1. The summed E-state index contributed by atoms with van der Waals surface area (Å²) in [6.45, 7) is -0.402. The molecule has 2 aromatic rings. The van der Waals surface area contributed by atoms with Gasteiger partial charge in [0.1, 0.15) is 17.4 Å². The highest BCUT2D eigenvalue weighted by Gasteiger charge is 2.27. The van der Waals surface area contributed by atoms with Crippen LogP contribution in [0.4, 0.5) is 4.39 Å².